The van der Waals surface area contributed by atoms with Crippen LogP contribution in [0.4, 0.5) is 4.39 Å². The van der Waals surface area contributed by atoms with Crippen LogP contribution in [0.5, 0.6) is 0 Å². The summed E-state index contributed by atoms with van der Waals surface area (Å²) in [5, 5.41) is 0. The summed E-state index contributed by atoms with van der Waals surface area (Å²) in [5.74, 6) is -0.605. The van der Waals surface area contributed by atoms with Crippen molar-refractivity contribution >= 4 is 39.0 Å². The number of thiocarbonyl (C=S) groups is 1. The molecule has 0 unspecified atom stereocenters. The Kier molecular flexibility index (Phi) is 5.68. The van der Waals surface area contributed by atoms with Gasteiger partial charge in [0.05, 0.1) is 17.1 Å². The maximum atomic E-state index is 13.0. The van der Waals surface area contributed by atoms with Crippen LogP contribution in [0.25, 0.3) is 0 Å². The lowest BCUT2D eigenvalue weighted by molar-refractivity contribution is 0.0779. The third-order valence-corrected chi connectivity index (χ3v) is 3.07. The summed E-state index contributed by atoms with van der Waals surface area (Å²) in [6.45, 7) is 2.74. The van der Waals surface area contributed by atoms with Crippen LogP contribution >= 0.6 is 28.1 Å². The second kappa shape index (κ2) is 6.80. The van der Waals surface area contributed by atoms with Crippen LogP contribution in [0.3, 0.4) is 0 Å². The summed E-state index contributed by atoms with van der Waals surface area (Å²) in [6, 6.07) is 3.96. The van der Waals surface area contributed by atoms with Gasteiger partial charge in [-0.3, -0.25) is 4.79 Å². The van der Waals surface area contributed by atoms with Gasteiger partial charge in [-0.15, -0.1) is 0 Å². The largest absolute Gasteiger partial charge is 0.392 e. The van der Waals surface area contributed by atoms with Crippen LogP contribution in [0.1, 0.15) is 23.7 Å². The Morgan fingerprint density at radius 1 is 1.56 bits per heavy atom. The molecule has 0 fully saturated rings. The Hall–Kier alpha value is -1.01. The number of nitrogens with zero attached hydrogens (tertiary/aromatic N) is 1. The highest BCUT2D eigenvalue weighted by Crippen LogP contribution is 2.19. The van der Waals surface area contributed by atoms with E-state index < -0.39 is 5.82 Å². The zero-order valence-electron chi connectivity index (χ0n) is 9.95. The molecular formula is C12H14BrFN2OS. The molecule has 1 aromatic rings. The number of carbonyl (C=O) groups excluding carboxylic acids is 1. The summed E-state index contributed by atoms with van der Waals surface area (Å²) in [5.41, 5.74) is 5.87. The summed E-state index contributed by atoms with van der Waals surface area (Å²) in [7, 11) is 0. The monoisotopic (exact) mass is 332 g/mol. The molecule has 1 amide bonds. The maximum Gasteiger partial charge on any atom is 0.255 e. The molecule has 1 aromatic carbocycles. The number of nitrogens with two attached hydrogens (primary N) is 1. The van der Waals surface area contributed by atoms with Gasteiger partial charge in [0, 0.05) is 11.0 Å². The average Bonchev–Trinajstić information content (AvgIpc) is 2.27. The third kappa shape index (κ3) is 4.03. The van der Waals surface area contributed by atoms with E-state index in [-0.39, 0.29) is 17.4 Å². The van der Waals surface area contributed by atoms with Gasteiger partial charge in [-0.1, -0.05) is 19.1 Å². The van der Waals surface area contributed by atoms with E-state index in [1.54, 1.807) is 4.90 Å². The smallest absolute Gasteiger partial charge is 0.255 e. The molecule has 0 bridgehead atoms. The topological polar surface area (TPSA) is 46.3 Å². The minimum Gasteiger partial charge on any atom is -0.392 e. The Morgan fingerprint density at radius 3 is 2.72 bits per heavy atom. The second-order valence-corrected chi connectivity index (χ2v) is 5.20. The summed E-state index contributed by atoms with van der Waals surface area (Å²) < 4.78 is 13.4. The van der Waals surface area contributed by atoms with Gasteiger partial charge in [0.25, 0.3) is 5.91 Å². The fourth-order valence-electron chi connectivity index (χ4n) is 1.54. The Labute approximate surface area is 119 Å². The van der Waals surface area contributed by atoms with E-state index >= 15 is 0 Å². The number of rotatable bonds is 5. The first-order valence-corrected chi connectivity index (χ1v) is 6.68. The molecule has 98 valence electrons. The second-order valence-electron chi connectivity index (χ2n) is 3.82. The van der Waals surface area contributed by atoms with Crippen LogP contribution in [0.15, 0.2) is 22.7 Å². The Bertz CT molecular complexity index is 467. The van der Waals surface area contributed by atoms with Crippen molar-refractivity contribution in [3.05, 3.63) is 34.1 Å². The van der Waals surface area contributed by atoms with E-state index in [2.05, 4.69) is 15.9 Å². The predicted molar refractivity (Wildman–Crippen MR) is 77.1 cm³/mol. The first-order valence-electron chi connectivity index (χ1n) is 5.48. The van der Waals surface area contributed by atoms with Gasteiger partial charge in [-0.25, -0.2) is 4.39 Å². The molecule has 0 saturated carbocycles. The highest BCUT2D eigenvalue weighted by Gasteiger charge is 2.18. The molecule has 2 N–H and O–H groups in total. The van der Waals surface area contributed by atoms with Gasteiger partial charge in [-0.05, 0) is 40.5 Å². The lowest BCUT2D eigenvalue weighted by Gasteiger charge is -2.22. The van der Waals surface area contributed by atoms with Crippen molar-refractivity contribution in [2.24, 2.45) is 5.73 Å². The SMILES string of the molecule is CCCN(CC(N)=S)C(=O)c1ccc(F)cc1Br. The fraction of sp³-hybridized carbons (Fsp3) is 0.333. The molecule has 0 aromatic heterocycles. The third-order valence-electron chi connectivity index (χ3n) is 2.29. The fourth-order valence-corrected chi connectivity index (χ4v) is 2.22. The molecule has 0 aliphatic carbocycles. The van der Waals surface area contributed by atoms with Crippen molar-refractivity contribution < 1.29 is 9.18 Å². The highest BCUT2D eigenvalue weighted by atomic mass is 79.9. The normalized spacial score (nSPS) is 10.2. The predicted octanol–water partition coefficient (Wildman–Crippen LogP) is 2.73. The molecule has 0 saturated heterocycles. The first kappa shape index (κ1) is 15.0. The lowest BCUT2D eigenvalue weighted by Crippen LogP contribution is -2.38. The average molecular weight is 333 g/mol. The van der Waals surface area contributed by atoms with Crippen molar-refractivity contribution in [2.45, 2.75) is 13.3 Å². The molecule has 0 heterocycles. The molecule has 0 spiro atoms. The first-order chi connectivity index (χ1) is 8.45. The molecule has 0 radical (unpaired) electrons. The molecule has 3 nitrogen and oxygen atoms in total. The van der Waals surface area contributed by atoms with E-state index in [9.17, 15) is 9.18 Å². The van der Waals surface area contributed by atoms with E-state index in [0.29, 0.717) is 16.6 Å². The number of benzene rings is 1. The van der Waals surface area contributed by atoms with Crippen molar-refractivity contribution in [2.75, 3.05) is 13.1 Å². The summed E-state index contributed by atoms with van der Waals surface area (Å²) in [4.78, 5) is 14.1. The van der Waals surface area contributed by atoms with Gasteiger partial charge >= 0.3 is 0 Å². The number of hydrogen-bond donors (Lipinski definition) is 1. The van der Waals surface area contributed by atoms with Crippen molar-refractivity contribution in [1.29, 1.82) is 0 Å². The van der Waals surface area contributed by atoms with Gasteiger partial charge in [0.15, 0.2) is 0 Å². The molecule has 0 aliphatic rings. The lowest BCUT2D eigenvalue weighted by atomic mass is 10.2. The van der Waals surface area contributed by atoms with Gasteiger partial charge in [-0.2, -0.15) is 0 Å². The number of hydrogen-bond acceptors (Lipinski definition) is 2. The van der Waals surface area contributed by atoms with Crippen LogP contribution in [0, 0.1) is 5.82 Å². The van der Waals surface area contributed by atoms with Gasteiger partial charge in [0.2, 0.25) is 0 Å². The number of amides is 1. The Morgan fingerprint density at radius 2 is 2.22 bits per heavy atom. The number of halogens is 2. The molecule has 0 aliphatic heterocycles. The quantitative estimate of drug-likeness (QED) is 0.843. The standard InChI is InChI=1S/C12H14BrFN2OS/c1-2-5-16(7-11(15)18)12(17)9-4-3-8(14)6-10(9)13/h3-4,6H,2,5,7H2,1H3,(H2,15,18). The van der Waals surface area contributed by atoms with Crippen molar-refractivity contribution in [3.8, 4) is 0 Å². The summed E-state index contributed by atoms with van der Waals surface area (Å²) >= 11 is 8.00. The van der Waals surface area contributed by atoms with Crippen LogP contribution < -0.4 is 5.73 Å². The minimum absolute atomic E-state index is 0.212. The van der Waals surface area contributed by atoms with E-state index in [1.165, 1.54) is 18.2 Å². The maximum absolute atomic E-state index is 13.0. The Balaban J connectivity index is 2.97. The minimum atomic E-state index is -0.394. The molecule has 18 heavy (non-hydrogen) atoms. The summed E-state index contributed by atoms with van der Waals surface area (Å²) in [6.07, 6.45) is 0.799. The van der Waals surface area contributed by atoms with E-state index in [1.807, 2.05) is 6.92 Å². The zero-order chi connectivity index (χ0) is 13.7. The highest BCUT2D eigenvalue weighted by molar-refractivity contribution is 9.10. The van der Waals surface area contributed by atoms with Crippen LogP contribution in [-0.2, 0) is 0 Å². The molecule has 6 heteroatoms. The van der Waals surface area contributed by atoms with Crippen LogP contribution in [-0.4, -0.2) is 28.9 Å². The van der Waals surface area contributed by atoms with Crippen molar-refractivity contribution in [1.82, 2.24) is 4.90 Å². The molecule has 0 atom stereocenters. The van der Waals surface area contributed by atoms with Gasteiger partial charge < -0.3 is 10.6 Å². The molecular weight excluding hydrogens is 319 g/mol. The number of carbonyl (C=O) groups is 1. The van der Waals surface area contributed by atoms with Crippen LogP contribution in [0.2, 0.25) is 0 Å². The van der Waals surface area contributed by atoms with Crippen molar-refractivity contribution in [3.63, 3.8) is 0 Å². The van der Waals surface area contributed by atoms with E-state index in [4.69, 9.17) is 18.0 Å². The zero-order valence-corrected chi connectivity index (χ0v) is 12.4. The van der Waals surface area contributed by atoms with E-state index in [0.717, 1.165) is 6.42 Å². The van der Waals surface area contributed by atoms with Gasteiger partial charge in [0.1, 0.15) is 5.82 Å². The molecule has 1 rings (SSSR count).